The molecule has 1 saturated heterocycles. The van der Waals surface area contributed by atoms with E-state index < -0.39 is 16.0 Å². The van der Waals surface area contributed by atoms with Crippen LogP contribution < -0.4 is 0 Å². The SMILES string of the molecule is CC(=O)N1CCN(S(=O)(=O)c2ccc(C(=O)OCc3ccccc3Br)cc2)CC1. The number of halogens is 1. The zero-order valence-electron chi connectivity index (χ0n) is 15.9. The van der Waals surface area contributed by atoms with Crippen LogP contribution in [-0.4, -0.2) is 55.7 Å². The van der Waals surface area contributed by atoms with Crippen LogP contribution in [0.25, 0.3) is 0 Å². The fourth-order valence-corrected chi connectivity index (χ4v) is 4.82. The lowest BCUT2D eigenvalue weighted by molar-refractivity contribution is -0.129. The molecule has 0 spiro atoms. The third kappa shape index (κ3) is 5.04. The van der Waals surface area contributed by atoms with E-state index in [1.807, 2.05) is 24.3 Å². The minimum absolute atomic E-state index is 0.0626. The van der Waals surface area contributed by atoms with Gasteiger partial charge >= 0.3 is 5.97 Å². The highest BCUT2D eigenvalue weighted by molar-refractivity contribution is 9.10. The highest BCUT2D eigenvalue weighted by atomic mass is 79.9. The molecule has 154 valence electrons. The second-order valence-corrected chi connectivity index (χ2v) is 9.39. The van der Waals surface area contributed by atoms with Crippen LogP contribution in [0.4, 0.5) is 0 Å². The normalized spacial score (nSPS) is 15.2. The van der Waals surface area contributed by atoms with Gasteiger partial charge in [-0.2, -0.15) is 4.31 Å². The molecule has 0 radical (unpaired) electrons. The van der Waals surface area contributed by atoms with Crippen molar-refractivity contribution in [3.05, 3.63) is 64.1 Å². The summed E-state index contributed by atoms with van der Waals surface area (Å²) in [4.78, 5) is 25.4. The van der Waals surface area contributed by atoms with E-state index in [1.54, 1.807) is 4.90 Å². The summed E-state index contributed by atoms with van der Waals surface area (Å²) in [6, 6.07) is 13.1. The number of benzene rings is 2. The minimum atomic E-state index is -3.68. The van der Waals surface area contributed by atoms with Gasteiger partial charge in [-0.15, -0.1) is 0 Å². The van der Waals surface area contributed by atoms with Gasteiger partial charge in [0.05, 0.1) is 10.5 Å². The zero-order valence-corrected chi connectivity index (χ0v) is 18.3. The predicted molar refractivity (Wildman–Crippen MR) is 111 cm³/mol. The summed E-state index contributed by atoms with van der Waals surface area (Å²) in [6.45, 7) is 2.82. The molecule has 0 aliphatic carbocycles. The average Bonchev–Trinajstić information content (AvgIpc) is 2.73. The van der Waals surface area contributed by atoms with Crippen LogP contribution >= 0.6 is 15.9 Å². The van der Waals surface area contributed by atoms with Crippen LogP contribution in [0.15, 0.2) is 57.9 Å². The number of nitrogens with zero attached hydrogens (tertiary/aromatic N) is 2. The van der Waals surface area contributed by atoms with Crippen LogP contribution in [0.1, 0.15) is 22.8 Å². The molecule has 1 amide bonds. The molecular formula is C20H21BrN2O5S. The lowest BCUT2D eigenvalue weighted by atomic mass is 10.2. The molecule has 0 bridgehead atoms. The van der Waals surface area contributed by atoms with Gasteiger partial charge in [-0.1, -0.05) is 34.1 Å². The fourth-order valence-electron chi connectivity index (χ4n) is 3.00. The summed E-state index contributed by atoms with van der Waals surface area (Å²) >= 11 is 3.40. The van der Waals surface area contributed by atoms with E-state index in [0.29, 0.717) is 13.1 Å². The van der Waals surface area contributed by atoms with Gasteiger partial charge in [0.15, 0.2) is 0 Å². The Morgan fingerprint density at radius 3 is 2.21 bits per heavy atom. The molecule has 0 unspecified atom stereocenters. The number of piperazine rings is 1. The molecule has 0 aromatic heterocycles. The third-order valence-corrected chi connectivity index (χ3v) is 7.41. The van der Waals surface area contributed by atoms with Gasteiger partial charge in [0.25, 0.3) is 0 Å². The van der Waals surface area contributed by atoms with Crippen molar-refractivity contribution in [2.45, 2.75) is 18.4 Å². The van der Waals surface area contributed by atoms with Crippen molar-refractivity contribution >= 4 is 37.8 Å². The van der Waals surface area contributed by atoms with Crippen LogP contribution in [0, 0.1) is 0 Å². The molecule has 1 aliphatic heterocycles. The van der Waals surface area contributed by atoms with E-state index in [4.69, 9.17) is 4.74 Å². The highest BCUT2D eigenvalue weighted by Gasteiger charge is 2.29. The maximum Gasteiger partial charge on any atom is 0.338 e. The van der Waals surface area contributed by atoms with Crippen molar-refractivity contribution in [2.24, 2.45) is 0 Å². The van der Waals surface area contributed by atoms with E-state index in [9.17, 15) is 18.0 Å². The molecule has 2 aromatic rings. The Hall–Kier alpha value is -2.23. The Kier molecular flexibility index (Phi) is 6.71. The van der Waals surface area contributed by atoms with Gasteiger partial charge in [-0.25, -0.2) is 13.2 Å². The molecule has 7 nitrogen and oxygen atoms in total. The first-order chi connectivity index (χ1) is 13.8. The Bertz CT molecular complexity index is 1000. The lowest BCUT2D eigenvalue weighted by Crippen LogP contribution is -2.49. The summed E-state index contributed by atoms with van der Waals surface area (Å²) in [5, 5.41) is 0. The Morgan fingerprint density at radius 2 is 1.62 bits per heavy atom. The van der Waals surface area contributed by atoms with Gasteiger partial charge in [0.1, 0.15) is 6.61 Å². The number of amides is 1. The van der Waals surface area contributed by atoms with Crippen LogP contribution in [0.5, 0.6) is 0 Å². The number of rotatable bonds is 5. The van der Waals surface area contributed by atoms with Crippen LogP contribution in [0.3, 0.4) is 0 Å². The number of esters is 1. The number of ether oxygens (including phenoxy) is 1. The van der Waals surface area contributed by atoms with Crippen LogP contribution in [0.2, 0.25) is 0 Å². The van der Waals surface area contributed by atoms with Crippen molar-refractivity contribution in [1.82, 2.24) is 9.21 Å². The number of carbonyl (C=O) groups is 2. The molecule has 1 aliphatic rings. The first kappa shape index (κ1) is 21.5. The second kappa shape index (κ2) is 9.06. The standard InChI is InChI=1S/C20H21BrN2O5S/c1-15(24)22-10-12-23(13-11-22)29(26,27)18-8-6-16(7-9-18)20(25)28-14-17-4-2-3-5-19(17)21/h2-9H,10-14H2,1H3. The predicted octanol–water partition coefficient (Wildman–Crippen LogP) is 2.66. The highest BCUT2D eigenvalue weighted by Crippen LogP contribution is 2.20. The summed E-state index contributed by atoms with van der Waals surface area (Å²) in [5.74, 6) is -0.591. The van der Waals surface area contributed by atoms with Crippen LogP contribution in [-0.2, 0) is 26.2 Å². The number of sulfonamides is 1. The molecule has 9 heteroatoms. The molecule has 0 saturated carbocycles. The van der Waals surface area contributed by atoms with Gasteiger partial charge in [0.2, 0.25) is 15.9 Å². The molecule has 1 heterocycles. The first-order valence-electron chi connectivity index (χ1n) is 9.05. The zero-order chi connectivity index (χ0) is 21.0. The van der Waals surface area contributed by atoms with Crippen molar-refractivity contribution in [1.29, 1.82) is 0 Å². The largest absolute Gasteiger partial charge is 0.457 e. The van der Waals surface area contributed by atoms with Gasteiger partial charge in [-0.05, 0) is 30.3 Å². The van der Waals surface area contributed by atoms with E-state index >= 15 is 0 Å². The lowest BCUT2D eigenvalue weighted by Gasteiger charge is -2.33. The van der Waals surface area contributed by atoms with Crippen molar-refractivity contribution in [2.75, 3.05) is 26.2 Å². The van der Waals surface area contributed by atoms with Gasteiger partial charge < -0.3 is 9.64 Å². The van der Waals surface area contributed by atoms with Gasteiger partial charge in [-0.3, -0.25) is 4.79 Å². The Balaban J connectivity index is 1.64. The second-order valence-electron chi connectivity index (χ2n) is 6.60. The molecule has 2 aromatic carbocycles. The molecule has 29 heavy (non-hydrogen) atoms. The first-order valence-corrected chi connectivity index (χ1v) is 11.3. The number of hydrogen-bond donors (Lipinski definition) is 0. The maximum absolute atomic E-state index is 12.8. The summed E-state index contributed by atoms with van der Waals surface area (Å²) in [7, 11) is -3.68. The summed E-state index contributed by atoms with van der Waals surface area (Å²) in [6.07, 6.45) is 0. The molecular weight excluding hydrogens is 460 g/mol. The van der Waals surface area contributed by atoms with Crippen molar-refractivity contribution in [3.8, 4) is 0 Å². The summed E-state index contributed by atoms with van der Waals surface area (Å²) < 4.78 is 33.1. The number of hydrogen-bond acceptors (Lipinski definition) is 5. The van der Waals surface area contributed by atoms with Crippen molar-refractivity contribution in [3.63, 3.8) is 0 Å². The molecule has 0 atom stereocenters. The van der Waals surface area contributed by atoms with Gasteiger partial charge in [0, 0.05) is 43.1 Å². The van der Waals surface area contributed by atoms with Crippen molar-refractivity contribution < 1.29 is 22.7 Å². The molecule has 0 N–H and O–H groups in total. The summed E-state index contributed by atoms with van der Waals surface area (Å²) in [5.41, 5.74) is 1.11. The van der Waals surface area contributed by atoms with E-state index in [2.05, 4.69) is 15.9 Å². The molecule has 3 rings (SSSR count). The Morgan fingerprint density at radius 1 is 1.00 bits per heavy atom. The van der Waals surface area contributed by atoms with E-state index in [0.717, 1.165) is 10.0 Å². The minimum Gasteiger partial charge on any atom is -0.457 e. The topological polar surface area (TPSA) is 84.0 Å². The Labute approximate surface area is 178 Å². The maximum atomic E-state index is 12.8. The molecule has 1 fully saturated rings. The quantitative estimate of drug-likeness (QED) is 0.614. The third-order valence-electron chi connectivity index (χ3n) is 4.73. The van der Waals surface area contributed by atoms with E-state index in [-0.39, 0.29) is 36.1 Å². The monoisotopic (exact) mass is 480 g/mol. The number of carbonyl (C=O) groups excluding carboxylic acids is 2. The van der Waals surface area contributed by atoms with E-state index in [1.165, 1.54) is 35.5 Å². The average molecular weight is 481 g/mol. The fraction of sp³-hybridized carbons (Fsp3) is 0.300. The smallest absolute Gasteiger partial charge is 0.338 e.